The summed E-state index contributed by atoms with van der Waals surface area (Å²) in [6.45, 7) is 12.3. The molecule has 6 nitrogen and oxygen atoms in total. The Morgan fingerprint density at radius 2 is 2.19 bits per heavy atom. The smallest absolute Gasteiger partial charge is 0.269 e. The Kier molecular flexibility index (Phi) is 5.52. The summed E-state index contributed by atoms with van der Waals surface area (Å²) in [6, 6.07) is 2.04. The maximum Gasteiger partial charge on any atom is 0.269 e. The molecule has 1 saturated heterocycles. The summed E-state index contributed by atoms with van der Waals surface area (Å²) >= 11 is 0. The van der Waals surface area contributed by atoms with Crippen molar-refractivity contribution in [1.82, 2.24) is 15.1 Å². The average Bonchev–Trinajstić information content (AvgIpc) is 2.48. The van der Waals surface area contributed by atoms with Crippen LogP contribution in [0.4, 0.5) is 5.69 Å². The van der Waals surface area contributed by atoms with Crippen LogP contribution in [0.5, 0.6) is 0 Å². The number of ether oxygens (including phenoxy) is 1. The molecule has 0 saturated carbocycles. The summed E-state index contributed by atoms with van der Waals surface area (Å²) < 4.78 is 6.76. The molecule has 21 heavy (non-hydrogen) atoms. The predicted molar refractivity (Wildman–Crippen MR) is 83.8 cm³/mol. The summed E-state index contributed by atoms with van der Waals surface area (Å²) in [5.41, 5.74) is 1.72. The van der Waals surface area contributed by atoms with Crippen LogP contribution in [0.15, 0.2) is 29.2 Å². The number of hydrogen-bond acceptors (Lipinski definition) is 5. The number of nitrogens with zero attached hydrogens (tertiary/aromatic N) is 3. The van der Waals surface area contributed by atoms with Crippen molar-refractivity contribution in [1.29, 1.82) is 0 Å². The van der Waals surface area contributed by atoms with Crippen molar-refractivity contribution in [2.45, 2.75) is 26.4 Å². The van der Waals surface area contributed by atoms with Crippen molar-refractivity contribution in [2.75, 3.05) is 37.7 Å². The molecule has 1 aliphatic heterocycles. The highest BCUT2D eigenvalue weighted by molar-refractivity contribution is 5.43. The fraction of sp³-hybridized carbons (Fsp3) is 0.600. The number of nitrogens with one attached hydrogen (secondary N) is 1. The largest absolute Gasteiger partial charge is 0.378 e. The molecular formula is C15H24N4O2. The zero-order valence-corrected chi connectivity index (χ0v) is 12.8. The molecule has 0 aromatic carbocycles. The summed E-state index contributed by atoms with van der Waals surface area (Å²) in [5.74, 6) is 0. The molecule has 1 N–H and O–H groups in total. The van der Waals surface area contributed by atoms with E-state index in [-0.39, 0.29) is 5.56 Å². The lowest BCUT2D eigenvalue weighted by atomic mass is 10.2. The maximum atomic E-state index is 12.1. The van der Waals surface area contributed by atoms with E-state index in [1.54, 1.807) is 12.3 Å². The van der Waals surface area contributed by atoms with Gasteiger partial charge in [-0.25, -0.2) is 4.68 Å². The zero-order chi connectivity index (χ0) is 15.2. The van der Waals surface area contributed by atoms with E-state index in [0.29, 0.717) is 32.3 Å². The van der Waals surface area contributed by atoms with Crippen LogP contribution < -0.4 is 15.8 Å². The maximum absolute atomic E-state index is 12.1. The van der Waals surface area contributed by atoms with Crippen molar-refractivity contribution in [3.05, 3.63) is 34.8 Å². The van der Waals surface area contributed by atoms with E-state index in [4.69, 9.17) is 4.74 Å². The van der Waals surface area contributed by atoms with Gasteiger partial charge in [0, 0.05) is 31.7 Å². The lowest BCUT2D eigenvalue weighted by Crippen LogP contribution is -2.37. The van der Waals surface area contributed by atoms with E-state index in [1.165, 1.54) is 4.68 Å². The first-order valence-electron chi connectivity index (χ1n) is 7.36. The van der Waals surface area contributed by atoms with Gasteiger partial charge in [-0.15, -0.1) is 0 Å². The van der Waals surface area contributed by atoms with Gasteiger partial charge < -0.3 is 15.0 Å². The fourth-order valence-corrected chi connectivity index (χ4v) is 2.15. The molecule has 0 radical (unpaired) electrons. The van der Waals surface area contributed by atoms with Crippen LogP contribution in [-0.2, 0) is 11.3 Å². The Morgan fingerprint density at radius 3 is 2.81 bits per heavy atom. The molecule has 1 aliphatic rings. The van der Waals surface area contributed by atoms with Gasteiger partial charge in [-0.1, -0.05) is 20.4 Å². The summed E-state index contributed by atoms with van der Waals surface area (Å²) in [4.78, 5) is 14.3. The molecule has 1 aromatic heterocycles. The molecule has 0 bridgehead atoms. The molecule has 0 amide bonds. The van der Waals surface area contributed by atoms with E-state index in [1.807, 2.05) is 0 Å². The van der Waals surface area contributed by atoms with E-state index in [9.17, 15) is 4.79 Å². The number of hydrogen-bond donors (Lipinski definition) is 1. The molecule has 2 rings (SSSR count). The standard InChI is InChI=1S/C15H24N4O2/c1-12(2)16-9-13(3)11-19-15(20)8-14(10-17-19)18-4-6-21-7-5-18/h8,10,12,16H,3-7,9,11H2,1-2H3. The Morgan fingerprint density at radius 1 is 1.48 bits per heavy atom. The van der Waals surface area contributed by atoms with Crippen LogP contribution in [0.25, 0.3) is 0 Å². The van der Waals surface area contributed by atoms with Crippen molar-refractivity contribution in [3.8, 4) is 0 Å². The van der Waals surface area contributed by atoms with Crippen LogP contribution in [0.3, 0.4) is 0 Å². The monoisotopic (exact) mass is 292 g/mol. The molecule has 1 fully saturated rings. The summed E-state index contributed by atoms with van der Waals surface area (Å²) in [7, 11) is 0. The highest BCUT2D eigenvalue weighted by atomic mass is 16.5. The summed E-state index contributed by atoms with van der Waals surface area (Å²) in [5, 5.41) is 7.54. The second-order valence-corrected chi connectivity index (χ2v) is 5.59. The van der Waals surface area contributed by atoms with Crippen LogP contribution in [0.1, 0.15) is 13.8 Å². The van der Waals surface area contributed by atoms with Gasteiger partial charge in [-0.2, -0.15) is 5.10 Å². The second kappa shape index (κ2) is 7.38. The molecule has 0 spiro atoms. The Labute approximate surface area is 125 Å². The Hall–Kier alpha value is -1.66. The van der Waals surface area contributed by atoms with E-state index >= 15 is 0 Å². The molecule has 6 heteroatoms. The van der Waals surface area contributed by atoms with Crippen molar-refractivity contribution in [3.63, 3.8) is 0 Å². The number of anilines is 1. The third kappa shape index (κ3) is 4.68. The van der Waals surface area contributed by atoms with E-state index in [0.717, 1.165) is 24.4 Å². The third-order valence-electron chi connectivity index (χ3n) is 3.37. The van der Waals surface area contributed by atoms with Gasteiger partial charge in [-0.3, -0.25) is 4.79 Å². The SMILES string of the molecule is C=C(CNC(C)C)Cn1ncc(N2CCOCC2)cc1=O. The first-order valence-corrected chi connectivity index (χ1v) is 7.36. The quantitative estimate of drug-likeness (QED) is 0.780. The van der Waals surface area contributed by atoms with E-state index < -0.39 is 0 Å². The average molecular weight is 292 g/mol. The second-order valence-electron chi connectivity index (χ2n) is 5.59. The van der Waals surface area contributed by atoms with Gasteiger partial charge >= 0.3 is 0 Å². The lowest BCUT2D eigenvalue weighted by Gasteiger charge is -2.28. The molecule has 0 aliphatic carbocycles. The van der Waals surface area contributed by atoms with Crippen molar-refractivity contribution < 1.29 is 4.74 Å². The predicted octanol–water partition coefficient (Wildman–Crippen LogP) is 0.634. The number of rotatable bonds is 6. The molecule has 0 atom stereocenters. The van der Waals surface area contributed by atoms with Crippen LogP contribution in [-0.4, -0.2) is 48.7 Å². The van der Waals surface area contributed by atoms with Gasteiger partial charge in [0.2, 0.25) is 0 Å². The van der Waals surface area contributed by atoms with Crippen LogP contribution in [0, 0.1) is 0 Å². The highest BCUT2D eigenvalue weighted by Gasteiger charge is 2.12. The zero-order valence-electron chi connectivity index (χ0n) is 12.8. The van der Waals surface area contributed by atoms with E-state index in [2.05, 4.69) is 35.7 Å². The number of aromatic nitrogens is 2. The highest BCUT2D eigenvalue weighted by Crippen LogP contribution is 2.11. The van der Waals surface area contributed by atoms with Gasteiger partial charge in [0.1, 0.15) is 0 Å². The third-order valence-corrected chi connectivity index (χ3v) is 3.37. The minimum absolute atomic E-state index is 0.0929. The topological polar surface area (TPSA) is 59.4 Å². The molecule has 0 unspecified atom stereocenters. The number of morpholine rings is 1. The van der Waals surface area contributed by atoms with Gasteiger partial charge in [0.25, 0.3) is 5.56 Å². The first kappa shape index (κ1) is 15.7. The molecular weight excluding hydrogens is 268 g/mol. The fourth-order valence-electron chi connectivity index (χ4n) is 2.15. The first-order chi connectivity index (χ1) is 10.1. The Bertz CT molecular complexity index is 533. The Balaban J connectivity index is 1.98. The van der Waals surface area contributed by atoms with Crippen molar-refractivity contribution in [2.24, 2.45) is 0 Å². The molecule has 2 heterocycles. The van der Waals surface area contributed by atoms with Gasteiger partial charge in [0.05, 0.1) is 31.6 Å². The van der Waals surface area contributed by atoms with Gasteiger partial charge in [0.15, 0.2) is 0 Å². The van der Waals surface area contributed by atoms with Crippen LogP contribution in [0.2, 0.25) is 0 Å². The van der Waals surface area contributed by atoms with Crippen molar-refractivity contribution >= 4 is 5.69 Å². The molecule has 1 aromatic rings. The summed E-state index contributed by atoms with van der Waals surface area (Å²) in [6.07, 6.45) is 1.75. The minimum Gasteiger partial charge on any atom is -0.378 e. The minimum atomic E-state index is -0.0929. The lowest BCUT2D eigenvalue weighted by molar-refractivity contribution is 0.122. The molecule has 116 valence electrons. The van der Waals surface area contributed by atoms with Crippen LogP contribution >= 0.6 is 0 Å². The normalized spacial score (nSPS) is 15.5. The van der Waals surface area contributed by atoms with Gasteiger partial charge in [-0.05, 0) is 5.57 Å².